The van der Waals surface area contributed by atoms with Crippen LogP contribution in [0.2, 0.25) is 0 Å². The van der Waals surface area contributed by atoms with Crippen molar-refractivity contribution in [3.8, 4) is 0 Å². The number of rotatable bonds is 4. The molecule has 0 saturated carbocycles. The number of carbonyl (C=O) groups excluding carboxylic acids is 1. The summed E-state index contributed by atoms with van der Waals surface area (Å²) in [5.74, 6) is 0.712. The smallest absolute Gasteiger partial charge is 0.407 e. The van der Waals surface area contributed by atoms with Gasteiger partial charge in [-0.2, -0.15) is 0 Å². The Morgan fingerprint density at radius 3 is 2.50 bits per heavy atom. The van der Waals surface area contributed by atoms with E-state index < -0.39 is 21.7 Å². The number of aliphatic imine (C=N–C) groups is 1. The van der Waals surface area contributed by atoms with Crippen LogP contribution in [0.3, 0.4) is 0 Å². The summed E-state index contributed by atoms with van der Waals surface area (Å²) in [5.41, 5.74) is 0.370. The van der Waals surface area contributed by atoms with Crippen molar-refractivity contribution in [2.24, 2.45) is 10.1 Å². The molecule has 2 rings (SSSR count). The molecule has 0 spiro atoms. The molecule has 0 bridgehead atoms. The lowest BCUT2D eigenvalue weighted by Crippen LogP contribution is -2.44. The van der Waals surface area contributed by atoms with E-state index in [1.165, 1.54) is 12.1 Å². The molecule has 1 fully saturated rings. The number of alkyl carbamates (subject to hydrolysis) is 1. The van der Waals surface area contributed by atoms with Crippen LogP contribution in [0.15, 0.2) is 34.2 Å². The second kappa shape index (κ2) is 8.78. The maximum Gasteiger partial charge on any atom is 0.407 e. The van der Waals surface area contributed by atoms with Gasteiger partial charge in [-0.25, -0.2) is 18.4 Å². The average Bonchev–Trinajstić information content (AvgIpc) is 3.01. The van der Waals surface area contributed by atoms with Gasteiger partial charge in [-0.05, 0) is 44.9 Å². The van der Waals surface area contributed by atoms with Crippen molar-refractivity contribution >= 4 is 22.1 Å². The number of carbonyl (C=O) groups is 1. The van der Waals surface area contributed by atoms with Crippen molar-refractivity contribution in [3.63, 3.8) is 0 Å². The monoisotopic (exact) mass is 411 g/mol. The fraction of sp³-hybridized carbons (Fsp3) is 0.556. The average molecular weight is 412 g/mol. The molecule has 0 aliphatic carbocycles. The Kier molecular flexibility index (Phi) is 6.89. The van der Waals surface area contributed by atoms with E-state index in [0.29, 0.717) is 19.0 Å². The van der Waals surface area contributed by atoms with Gasteiger partial charge in [0, 0.05) is 26.7 Å². The molecular formula is C18H29N5O4S. The first kappa shape index (κ1) is 22.0. The van der Waals surface area contributed by atoms with E-state index in [2.05, 4.69) is 20.5 Å². The number of nitrogens with zero attached hydrogens (tertiary/aromatic N) is 2. The van der Waals surface area contributed by atoms with Crippen LogP contribution in [-0.2, 0) is 21.3 Å². The third-order valence-electron chi connectivity index (χ3n) is 4.12. The molecule has 4 N–H and O–H groups in total. The van der Waals surface area contributed by atoms with Gasteiger partial charge >= 0.3 is 6.09 Å². The standard InChI is InChI=1S/C18H29N5O4S/c1-18(2,3)27-17(24)22-14-9-10-23(12-14)16(20-4)21-11-13-5-7-15(8-6-13)28(19,25)26/h5-8,14H,9-12H2,1-4H3,(H,20,21)(H,22,24)(H2,19,25,26). The van der Waals surface area contributed by atoms with Crippen molar-refractivity contribution in [2.45, 2.75) is 50.3 Å². The van der Waals surface area contributed by atoms with Crippen molar-refractivity contribution in [1.29, 1.82) is 0 Å². The predicted octanol–water partition coefficient (Wildman–Crippen LogP) is 1.01. The van der Waals surface area contributed by atoms with Gasteiger partial charge in [0.1, 0.15) is 5.60 Å². The molecule has 1 amide bonds. The zero-order chi connectivity index (χ0) is 20.9. The molecule has 1 aromatic rings. The van der Waals surface area contributed by atoms with Gasteiger partial charge in [0.25, 0.3) is 0 Å². The Bertz CT molecular complexity index is 815. The normalized spacial score (nSPS) is 18.1. The van der Waals surface area contributed by atoms with Gasteiger partial charge in [-0.1, -0.05) is 12.1 Å². The number of ether oxygens (including phenoxy) is 1. The largest absolute Gasteiger partial charge is 0.444 e. The highest BCUT2D eigenvalue weighted by molar-refractivity contribution is 7.89. The lowest BCUT2D eigenvalue weighted by atomic mass is 10.2. The lowest BCUT2D eigenvalue weighted by molar-refractivity contribution is 0.0507. The summed E-state index contributed by atoms with van der Waals surface area (Å²) in [6.07, 6.45) is 0.375. The highest BCUT2D eigenvalue weighted by atomic mass is 32.2. The Balaban J connectivity index is 1.86. The highest BCUT2D eigenvalue weighted by Gasteiger charge is 2.27. The van der Waals surface area contributed by atoms with E-state index in [9.17, 15) is 13.2 Å². The molecule has 1 aliphatic rings. The molecular weight excluding hydrogens is 382 g/mol. The van der Waals surface area contributed by atoms with Crippen molar-refractivity contribution in [1.82, 2.24) is 15.5 Å². The molecule has 0 radical (unpaired) electrons. The molecule has 156 valence electrons. The zero-order valence-corrected chi connectivity index (χ0v) is 17.5. The topological polar surface area (TPSA) is 126 Å². The van der Waals surface area contributed by atoms with Crippen LogP contribution in [0, 0.1) is 0 Å². The highest BCUT2D eigenvalue weighted by Crippen LogP contribution is 2.13. The lowest BCUT2D eigenvalue weighted by Gasteiger charge is -2.23. The SMILES string of the molecule is CN=C(NCc1ccc(S(N)(=O)=O)cc1)N1CCC(NC(=O)OC(C)(C)C)C1. The second-order valence-corrected chi connectivity index (χ2v) is 9.23. The minimum atomic E-state index is -3.69. The first-order valence-electron chi connectivity index (χ1n) is 9.05. The van der Waals surface area contributed by atoms with Gasteiger partial charge in [-0.3, -0.25) is 4.99 Å². The Morgan fingerprint density at radius 2 is 1.96 bits per heavy atom. The number of hydrogen-bond donors (Lipinski definition) is 3. The number of guanidine groups is 1. The number of nitrogens with two attached hydrogens (primary N) is 1. The van der Waals surface area contributed by atoms with Gasteiger partial charge in [-0.15, -0.1) is 0 Å². The van der Waals surface area contributed by atoms with E-state index in [1.54, 1.807) is 19.2 Å². The van der Waals surface area contributed by atoms with Crippen LogP contribution in [0.1, 0.15) is 32.8 Å². The summed E-state index contributed by atoms with van der Waals surface area (Å²) >= 11 is 0. The fourth-order valence-corrected chi connectivity index (χ4v) is 3.37. The van der Waals surface area contributed by atoms with E-state index in [4.69, 9.17) is 9.88 Å². The summed E-state index contributed by atoms with van der Waals surface area (Å²) in [7, 11) is -2.00. The summed E-state index contributed by atoms with van der Waals surface area (Å²) in [6.45, 7) is 7.35. The van der Waals surface area contributed by atoms with Crippen LogP contribution < -0.4 is 15.8 Å². The van der Waals surface area contributed by atoms with Crippen molar-refractivity contribution < 1.29 is 17.9 Å². The van der Waals surface area contributed by atoms with Gasteiger partial charge in [0.05, 0.1) is 10.9 Å². The molecule has 1 heterocycles. The predicted molar refractivity (Wildman–Crippen MR) is 107 cm³/mol. The molecule has 1 aromatic carbocycles. The van der Waals surface area contributed by atoms with Crippen LogP contribution >= 0.6 is 0 Å². The zero-order valence-electron chi connectivity index (χ0n) is 16.7. The number of benzene rings is 1. The third kappa shape index (κ3) is 6.68. The Morgan fingerprint density at radius 1 is 1.32 bits per heavy atom. The molecule has 1 aliphatic heterocycles. The van der Waals surface area contributed by atoms with E-state index in [1.807, 2.05) is 20.8 Å². The quantitative estimate of drug-likeness (QED) is 0.501. The molecule has 0 aromatic heterocycles. The van der Waals surface area contributed by atoms with E-state index in [0.717, 1.165) is 18.5 Å². The van der Waals surface area contributed by atoms with Gasteiger partial charge in [0.15, 0.2) is 5.96 Å². The summed E-state index contributed by atoms with van der Waals surface area (Å²) in [5, 5.41) is 11.2. The van der Waals surface area contributed by atoms with Gasteiger partial charge < -0.3 is 20.3 Å². The molecule has 1 atom stereocenters. The van der Waals surface area contributed by atoms with Crippen LogP contribution in [0.4, 0.5) is 4.79 Å². The maximum atomic E-state index is 11.9. The van der Waals surface area contributed by atoms with Gasteiger partial charge in [0.2, 0.25) is 10.0 Å². The number of sulfonamides is 1. The number of primary sulfonamides is 1. The fourth-order valence-electron chi connectivity index (χ4n) is 2.86. The molecule has 10 heteroatoms. The van der Waals surface area contributed by atoms with E-state index >= 15 is 0 Å². The summed E-state index contributed by atoms with van der Waals surface area (Å²) in [4.78, 5) is 18.3. The maximum absolute atomic E-state index is 11.9. The first-order chi connectivity index (χ1) is 13.0. The summed E-state index contributed by atoms with van der Waals surface area (Å²) in [6, 6.07) is 6.35. The van der Waals surface area contributed by atoms with Crippen LogP contribution in [0.5, 0.6) is 0 Å². The van der Waals surface area contributed by atoms with Crippen LogP contribution in [-0.4, -0.2) is 57.2 Å². The molecule has 28 heavy (non-hydrogen) atoms. The van der Waals surface area contributed by atoms with E-state index in [-0.39, 0.29) is 10.9 Å². The van der Waals surface area contributed by atoms with Crippen molar-refractivity contribution in [3.05, 3.63) is 29.8 Å². The number of hydrogen-bond acceptors (Lipinski definition) is 5. The Labute approximate surface area is 166 Å². The minimum absolute atomic E-state index is 0.0116. The minimum Gasteiger partial charge on any atom is -0.444 e. The first-order valence-corrected chi connectivity index (χ1v) is 10.6. The summed E-state index contributed by atoms with van der Waals surface area (Å²) < 4.78 is 27.9. The second-order valence-electron chi connectivity index (χ2n) is 7.67. The molecule has 1 saturated heterocycles. The number of likely N-dealkylation sites (tertiary alicyclic amines) is 1. The molecule has 9 nitrogen and oxygen atoms in total. The van der Waals surface area contributed by atoms with Crippen molar-refractivity contribution in [2.75, 3.05) is 20.1 Å². The molecule has 1 unspecified atom stereocenters. The number of nitrogens with one attached hydrogen (secondary N) is 2. The number of amides is 1. The Hall–Kier alpha value is -2.33. The third-order valence-corrected chi connectivity index (χ3v) is 5.05. The van der Waals surface area contributed by atoms with Crippen LogP contribution in [0.25, 0.3) is 0 Å².